The summed E-state index contributed by atoms with van der Waals surface area (Å²) < 4.78 is 1.66. The summed E-state index contributed by atoms with van der Waals surface area (Å²) >= 11 is 0. The molecule has 0 radical (unpaired) electrons. The molecule has 0 amide bonds. The lowest BCUT2D eigenvalue weighted by atomic mass is 9.90. The lowest BCUT2D eigenvalue weighted by Gasteiger charge is -2.27. The third kappa shape index (κ3) is 3.68. The van der Waals surface area contributed by atoms with Gasteiger partial charge in [0.15, 0.2) is 0 Å². The molecule has 0 aromatic carbocycles. The number of nitrogens with zero attached hydrogens (tertiary/aromatic N) is 5. The summed E-state index contributed by atoms with van der Waals surface area (Å²) in [6.45, 7) is 1.87. The quantitative estimate of drug-likeness (QED) is 0.730. The first-order valence-electron chi connectivity index (χ1n) is 9.63. The molecule has 4 heterocycles. The summed E-state index contributed by atoms with van der Waals surface area (Å²) in [5.41, 5.74) is 4.06. The van der Waals surface area contributed by atoms with Crippen LogP contribution in [0, 0.1) is 5.92 Å². The zero-order chi connectivity index (χ0) is 19.7. The van der Waals surface area contributed by atoms with Gasteiger partial charge in [0.05, 0.1) is 30.2 Å². The Kier molecular flexibility index (Phi) is 5.19. The van der Waals surface area contributed by atoms with Gasteiger partial charge in [-0.2, -0.15) is 5.10 Å². The van der Waals surface area contributed by atoms with Gasteiger partial charge in [-0.15, -0.1) is 0 Å². The van der Waals surface area contributed by atoms with E-state index >= 15 is 0 Å². The highest BCUT2D eigenvalue weighted by molar-refractivity contribution is 5.86. The van der Waals surface area contributed by atoms with E-state index in [0.717, 1.165) is 59.3 Å². The second-order valence-electron chi connectivity index (χ2n) is 7.60. The average Bonchev–Trinajstić information content (AvgIpc) is 3.08. The fourth-order valence-electron chi connectivity index (χ4n) is 3.87. The van der Waals surface area contributed by atoms with Crippen LogP contribution in [-0.2, 0) is 24.9 Å². The summed E-state index contributed by atoms with van der Waals surface area (Å²) in [5.74, 6) is 0.416. The highest BCUT2D eigenvalue weighted by Gasteiger charge is 2.23. The van der Waals surface area contributed by atoms with Crippen LogP contribution in [0.3, 0.4) is 0 Å². The minimum Gasteiger partial charge on any atom is -0.390 e. The number of pyridine rings is 2. The Hall–Kier alpha value is -2.64. The van der Waals surface area contributed by atoms with Gasteiger partial charge in [-0.05, 0) is 45.1 Å². The van der Waals surface area contributed by atoms with Crippen LogP contribution in [0.1, 0.15) is 24.2 Å². The van der Waals surface area contributed by atoms with Crippen molar-refractivity contribution in [3.63, 3.8) is 0 Å². The van der Waals surface area contributed by atoms with Gasteiger partial charge in [0.25, 0.3) is 0 Å². The van der Waals surface area contributed by atoms with Gasteiger partial charge in [-0.25, -0.2) is 0 Å². The van der Waals surface area contributed by atoms with Gasteiger partial charge in [0.1, 0.15) is 5.78 Å². The number of carbonyl (C=O) groups is 1. The first-order chi connectivity index (χ1) is 13.5. The Morgan fingerprint density at radius 3 is 2.68 bits per heavy atom. The van der Waals surface area contributed by atoms with Crippen LogP contribution in [0.15, 0.2) is 30.7 Å². The lowest BCUT2D eigenvalue weighted by molar-refractivity contribution is -0.123. The molecule has 3 aromatic rings. The molecule has 28 heavy (non-hydrogen) atoms. The van der Waals surface area contributed by atoms with Crippen molar-refractivity contribution >= 4 is 16.7 Å². The summed E-state index contributed by atoms with van der Waals surface area (Å²) in [6.07, 6.45) is 7.46. The number of Topliss-reactive ketones (excluding diaryl/α,β-unsaturated/α-hetero) is 1. The Morgan fingerprint density at radius 2 is 1.93 bits per heavy atom. The van der Waals surface area contributed by atoms with Gasteiger partial charge in [-0.1, -0.05) is 0 Å². The predicted molar refractivity (Wildman–Crippen MR) is 107 cm³/mol. The van der Waals surface area contributed by atoms with Crippen LogP contribution in [0.25, 0.3) is 22.0 Å². The van der Waals surface area contributed by atoms with Crippen molar-refractivity contribution in [2.75, 3.05) is 20.1 Å². The van der Waals surface area contributed by atoms with Crippen molar-refractivity contribution in [2.24, 2.45) is 13.0 Å². The molecule has 3 aromatic heterocycles. The van der Waals surface area contributed by atoms with Crippen molar-refractivity contribution in [3.05, 3.63) is 42.1 Å². The van der Waals surface area contributed by atoms with E-state index < -0.39 is 0 Å². The van der Waals surface area contributed by atoms with Crippen LogP contribution in [0.2, 0.25) is 0 Å². The van der Waals surface area contributed by atoms with Crippen molar-refractivity contribution in [3.8, 4) is 11.1 Å². The van der Waals surface area contributed by atoms with Gasteiger partial charge >= 0.3 is 0 Å². The molecule has 1 saturated heterocycles. The van der Waals surface area contributed by atoms with Gasteiger partial charge in [0.2, 0.25) is 0 Å². The third-order valence-corrected chi connectivity index (χ3v) is 5.68. The fourth-order valence-corrected chi connectivity index (χ4v) is 3.87. The number of ketones is 1. The number of rotatable bonds is 5. The number of hydrogen-bond donors (Lipinski definition) is 1. The highest BCUT2D eigenvalue weighted by Crippen LogP contribution is 2.26. The maximum atomic E-state index is 12.7. The highest BCUT2D eigenvalue weighted by atomic mass is 16.3. The van der Waals surface area contributed by atoms with E-state index in [1.807, 2.05) is 12.1 Å². The predicted octanol–water partition coefficient (Wildman–Crippen LogP) is 1.98. The van der Waals surface area contributed by atoms with Crippen molar-refractivity contribution < 1.29 is 9.90 Å². The number of aromatic nitrogens is 4. The largest absolute Gasteiger partial charge is 0.390 e. The van der Waals surface area contributed by atoms with E-state index in [2.05, 4.69) is 27.0 Å². The number of likely N-dealkylation sites (tertiary alicyclic amines) is 1. The Balaban J connectivity index is 1.58. The van der Waals surface area contributed by atoms with E-state index in [1.165, 1.54) is 0 Å². The number of fused-ring (bicyclic) bond motifs is 1. The van der Waals surface area contributed by atoms with Gasteiger partial charge in [-0.3, -0.25) is 19.4 Å². The minimum atomic E-state index is -0.0868. The molecule has 0 aliphatic carbocycles. The van der Waals surface area contributed by atoms with Crippen LogP contribution < -0.4 is 0 Å². The average molecular weight is 379 g/mol. The van der Waals surface area contributed by atoms with Crippen molar-refractivity contribution in [1.82, 2.24) is 24.6 Å². The Bertz CT molecular complexity index is 1010. The maximum Gasteiger partial charge on any atom is 0.142 e. The summed E-state index contributed by atoms with van der Waals surface area (Å²) in [4.78, 5) is 23.9. The number of aryl methyl sites for hydroxylation is 1. The second kappa shape index (κ2) is 7.77. The van der Waals surface area contributed by atoms with Gasteiger partial charge < -0.3 is 10.0 Å². The summed E-state index contributed by atoms with van der Waals surface area (Å²) in [5, 5.41) is 14.8. The molecule has 1 aliphatic heterocycles. The Labute approximate surface area is 164 Å². The molecule has 7 heteroatoms. The zero-order valence-corrected chi connectivity index (χ0v) is 16.3. The smallest absolute Gasteiger partial charge is 0.142 e. The van der Waals surface area contributed by atoms with Gasteiger partial charge in [0, 0.05) is 47.8 Å². The van der Waals surface area contributed by atoms with E-state index in [0.29, 0.717) is 6.42 Å². The molecule has 1 fully saturated rings. The normalized spacial score (nSPS) is 16.0. The zero-order valence-electron chi connectivity index (χ0n) is 16.3. The molecule has 4 rings (SSSR count). The number of aliphatic hydroxyl groups is 1. The van der Waals surface area contributed by atoms with Crippen molar-refractivity contribution in [2.45, 2.75) is 25.9 Å². The molecule has 1 aliphatic rings. The summed E-state index contributed by atoms with van der Waals surface area (Å²) in [6, 6.07) is 3.97. The maximum absolute atomic E-state index is 12.7. The molecule has 0 spiro atoms. The molecule has 0 saturated carbocycles. The monoisotopic (exact) mass is 379 g/mol. The van der Waals surface area contributed by atoms with E-state index in [-0.39, 0.29) is 18.3 Å². The molecule has 1 N–H and O–H groups in total. The van der Waals surface area contributed by atoms with E-state index in [9.17, 15) is 9.90 Å². The SMILES string of the molecule is CN1CCC(C(=O)Cc2cc3cc(-c4cnn(C)c4CO)cnc3cn2)CC1. The number of aliphatic hydroxyl groups excluding tert-OH is 1. The molecule has 0 atom stereocenters. The lowest BCUT2D eigenvalue weighted by Crippen LogP contribution is -2.34. The molecular weight excluding hydrogens is 354 g/mol. The standard InChI is InChI=1S/C21H25N5O2/c1-25-5-3-14(4-6-25)21(28)9-17-8-15-7-16(10-23-19(15)12-22-17)18-11-24-26(2)20(18)13-27/h7-8,10-12,14,27H,3-6,9,13H2,1-2H3. The number of piperidine rings is 1. The van der Waals surface area contributed by atoms with Crippen molar-refractivity contribution in [1.29, 1.82) is 0 Å². The summed E-state index contributed by atoms with van der Waals surface area (Å²) in [7, 11) is 3.90. The van der Waals surface area contributed by atoms with Crippen LogP contribution >= 0.6 is 0 Å². The topological polar surface area (TPSA) is 84.1 Å². The first-order valence-corrected chi connectivity index (χ1v) is 9.63. The fraction of sp³-hybridized carbons (Fsp3) is 0.429. The third-order valence-electron chi connectivity index (χ3n) is 5.68. The molecule has 0 unspecified atom stereocenters. The second-order valence-corrected chi connectivity index (χ2v) is 7.60. The number of carbonyl (C=O) groups excluding carboxylic acids is 1. The molecule has 7 nitrogen and oxygen atoms in total. The van der Waals surface area contributed by atoms with Crippen LogP contribution in [0.4, 0.5) is 0 Å². The molecular formula is C21H25N5O2. The van der Waals surface area contributed by atoms with Crippen LogP contribution in [-0.4, -0.2) is 55.7 Å². The van der Waals surface area contributed by atoms with Crippen LogP contribution in [0.5, 0.6) is 0 Å². The number of hydrogen-bond acceptors (Lipinski definition) is 6. The van der Waals surface area contributed by atoms with E-state index in [1.54, 1.807) is 30.3 Å². The first kappa shape index (κ1) is 18.7. The van der Waals surface area contributed by atoms with E-state index in [4.69, 9.17) is 0 Å². The molecule has 146 valence electrons. The molecule has 0 bridgehead atoms. The minimum absolute atomic E-state index is 0.0868. The Morgan fingerprint density at radius 1 is 1.14 bits per heavy atom.